The fourth-order valence-corrected chi connectivity index (χ4v) is 4.33. The van der Waals surface area contributed by atoms with E-state index in [-0.39, 0.29) is 0 Å². The van der Waals surface area contributed by atoms with Gasteiger partial charge in [-0.15, -0.1) is 0 Å². The first-order valence-electron chi connectivity index (χ1n) is 6.32. The van der Waals surface area contributed by atoms with Gasteiger partial charge < -0.3 is 8.85 Å². The molecule has 1 aliphatic rings. The molecule has 0 saturated heterocycles. The largest absolute Gasteiger partial charge is 0.411 e. The predicted octanol–water partition coefficient (Wildman–Crippen LogP) is 2.04. The zero-order chi connectivity index (χ0) is 11.1. The van der Waals surface area contributed by atoms with Gasteiger partial charge in [0.15, 0.2) is 0 Å². The van der Waals surface area contributed by atoms with Crippen LogP contribution in [0, 0.1) is 0 Å². The summed E-state index contributed by atoms with van der Waals surface area (Å²) in [5.41, 5.74) is 0. The van der Waals surface area contributed by atoms with Crippen LogP contribution in [0.2, 0.25) is 0 Å². The van der Waals surface area contributed by atoms with Gasteiger partial charge in [-0.05, 0) is 33.2 Å². The van der Waals surface area contributed by atoms with E-state index >= 15 is 0 Å². The highest BCUT2D eigenvalue weighted by molar-refractivity contribution is 6.41. The molecule has 0 aliphatic heterocycles. The summed E-state index contributed by atoms with van der Waals surface area (Å²) in [6.45, 7) is 8.96. The zero-order valence-corrected chi connectivity index (χ0v) is 11.5. The second-order valence-corrected chi connectivity index (χ2v) is 5.93. The monoisotopic (exact) mass is 231 g/mol. The molecule has 1 aliphatic carbocycles. The lowest BCUT2D eigenvalue weighted by atomic mass is 10.2. The molecule has 90 valence electrons. The smallest absolute Gasteiger partial charge is 0.385 e. The molecule has 0 spiro atoms. The number of hydrogen-bond donors (Lipinski definition) is 0. The maximum Gasteiger partial charge on any atom is 0.411 e. The van der Waals surface area contributed by atoms with Gasteiger partial charge in [0, 0.05) is 19.3 Å². The van der Waals surface area contributed by atoms with Gasteiger partial charge in [-0.25, -0.2) is 0 Å². The molecule has 0 N–H and O–H groups in total. The lowest BCUT2D eigenvalue weighted by Crippen LogP contribution is -2.49. The van der Waals surface area contributed by atoms with Gasteiger partial charge in [0.25, 0.3) is 0 Å². The van der Waals surface area contributed by atoms with E-state index in [1.54, 1.807) is 0 Å². The van der Waals surface area contributed by atoms with Crippen LogP contribution in [0.3, 0.4) is 0 Å². The van der Waals surface area contributed by atoms with E-state index in [1.807, 2.05) is 0 Å². The Kier molecular flexibility index (Phi) is 6.48. The summed E-state index contributed by atoms with van der Waals surface area (Å²) in [6.07, 6.45) is 5.41. The molecule has 0 amide bonds. The fraction of sp³-hybridized carbons (Fsp3) is 1.00. The van der Waals surface area contributed by atoms with Crippen molar-refractivity contribution < 1.29 is 8.85 Å². The van der Waals surface area contributed by atoms with Crippen molar-refractivity contribution in [2.24, 2.45) is 0 Å². The second-order valence-electron chi connectivity index (χ2n) is 3.99. The first kappa shape index (κ1) is 13.2. The van der Waals surface area contributed by atoms with Gasteiger partial charge in [-0.3, -0.25) is 4.57 Å². The first-order chi connectivity index (χ1) is 7.33. The summed E-state index contributed by atoms with van der Waals surface area (Å²) in [4.78, 5) is 0. The lowest BCUT2D eigenvalue weighted by Gasteiger charge is -2.32. The van der Waals surface area contributed by atoms with Gasteiger partial charge in [0.1, 0.15) is 0 Å². The highest BCUT2D eigenvalue weighted by Gasteiger charge is 2.30. The van der Waals surface area contributed by atoms with Gasteiger partial charge in [-0.1, -0.05) is 19.8 Å². The first-order valence-corrected chi connectivity index (χ1v) is 7.78. The van der Waals surface area contributed by atoms with Gasteiger partial charge >= 0.3 is 9.45 Å². The minimum atomic E-state index is -1.57. The van der Waals surface area contributed by atoms with Crippen LogP contribution in [0.5, 0.6) is 0 Å². The Morgan fingerprint density at radius 2 is 1.60 bits per heavy atom. The summed E-state index contributed by atoms with van der Waals surface area (Å²) in [5, 5.41) is 0. The molecule has 0 radical (unpaired) electrons. The lowest BCUT2D eigenvalue weighted by molar-refractivity contribution is 0.136. The minimum Gasteiger partial charge on any atom is -0.385 e. The molecular weight excluding hydrogens is 206 g/mol. The van der Waals surface area contributed by atoms with E-state index < -0.39 is 9.45 Å². The number of nitrogens with zero attached hydrogens (tertiary/aromatic N) is 1. The maximum atomic E-state index is 5.79. The van der Waals surface area contributed by atoms with Crippen molar-refractivity contribution in [3.05, 3.63) is 0 Å². The van der Waals surface area contributed by atoms with Crippen molar-refractivity contribution in [3.8, 4) is 0 Å². The molecule has 0 atom stereocenters. The summed E-state index contributed by atoms with van der Waals surface area (Å²) in [7, 11) is -1.57. The Balaban J connectivity index is 2.50. The molecule has 1 fully saturated rings. The van der Waals surface area contributed by atoms with Crippen LogP contribution in [0.1, 0.15) is 46.5 Å². The van der Waals surface area contributed by atoms with E-state index in [1.165, 1.54) is 25.7 Å². The number of hydrogen-bond acceptors (Lipinski definition) is 3. The Morgan fingerprint density at radius 1 is 1.07 bits per heavy atom. The van der Waals surface area contributed by atoms with E-state index in [0.717, 1.165) is 25.8 Å². The van der Waals surface area contributed by atoms with Crippen LogP contribution in [0.25, 0.3) is 0 Å². The Bertz CT molecular complexity index is 157. The van der Waals surface area contributed by atoms with E-state index in [9.17, 15) is 0 Å². The van der Waals surface area contributed by atoms with Crippen LogP contribution in [0.15, 0.2) is 0 Å². The molecule has 3 nitrogen and oxygen atoms in total. The average molecular weight is 231 g/mol. The van der Waals surface area contributed by atoms with Crippen molar-refractivity contribution >= 4 is 9.45 Å². The minimum absolute atomic E-state index is 0.727. The highest BCUT2D eigenvalue weighted by Crippen LogP contribution is 2.24. The van der Waals surface area contributed by atoms with Crippen LogP contribution < -0.4 is 0 Å². The normalized spacial score (nSPS) is 18.2. The molecule has 0 heterocycles. The van der Waals surface area contributed by atoms with Gasteiger partial charge in [0.05, 0.1) is 0 Å². The molecule has 0 aromatic rings. The van der Waals surface area contributed by atoms with Crippen LogP contribution in [-0.4, -0.2) is 39.8 Å². The second kappa shape index (κ2) is 7.38. The third kappa shape index (κ3) is 3.87. The van der Waals surface area contributed by atoms with E-state index in [0.29, 0.717) is 0 Å². The molecule has 0 aromatic carbocycles. The Hall–Kier alpha value is 0.0969. The Labute approximate surface area is 95.7 Å². The van der Waals surface area contributed by atoms with Crippen molar-refractivity contribution in [1.29, 1.82) is 0 Å². The molecule has 1 rings (SSSR count). The van der Waals surface area contributed by atoms with Crippen molar-refractivity contribution in [2.75, 3.05) is 19.8 Å². The third-order valence-electron chi connectivity index (χ3n) is 3.05. The quantitative estimate of drug-likeness (QED) is 0.626. The molecular formula is C11H25NO2Si. The molecule has 0 unspecified atom stereocenters. The van der Waals surface area contributed by atoms with Crippen LogP contribution >= 0.6 is 0 Å². The number of rotatable bonds is 7. The third-order valence-corrected chi connectivity index (χ3v) is 5.61. The van der Waals surface area contributed by atoms with Crippen LogP contribution in [0.4, 0.5) is 0 Å². The van der Waals surface area contributed by atoms with Crippen molar-refractivity contribution in [1.82, 2.24) is 4.57 Å². The molecule has 15 heavy (non-hydrogen) atoms. The summed E-state index contributed by atoms with van der Waals surface area (Å²) < 4.78 is 14.1. The highest BCUT2D eigenvalue weighted by atomic mass is 28.3. The summed E-state index contributed by atoms with van der Waals surface area (Å²) in [5.74, 6) is 0. The molecule has 4 heteroatoms. The average Bonchev–Trinajstić information content (AvgIpc) is 2.73. The van der Waals surface area contributed by atoms with Gasteiger partial charge in [0.2, 0.25) is 0 Å². The summed E-state index contributed by atoms with van der Waals surface area (Å²) >= 11 is 0. The SMILES string of the molecule is CCO[SiH](OCC)N(CC)C1CCCC1. The van der Waals surface area contributed by atoms with Crippen molar-refractivity contribution in [3.63, 3.8) is 0 Å². The van der Waals surface area contributed by atoms with E-state index in [4.69, 9.17) is 8.85 Å². The molecule has 0 bridgehead atoms. The zero-order valence-electron chi connectivity index (χ0n) is 10.4. The fourth-order valence-electron chi connectivity index (χ4n) is 2.34. The summed E-state index contributed by atoms with van der Waals surface area (Å²) in [6, 6.07) is 0.727. The van der Waals surface area contributed by atoms with Crippen LogP contribution in [-0.2, 0) is 8.85 Å². The Morgan fingerprint density at radius 3 is 2.00 bits per heavy atom. The molecule has 0 aromatic heterocycles. The van der Waals surface area contributed by atoms with E-state index in [2.05, 4.69) is 25.3 Å². The van der Waals surface area contributed by atoms with Crippen molar-refractivity contribution in [2.45, 2.75) is 52.5 Å². The van der Waals surface area contributed by atoms with Gasteiger partial charge in [-0.2, -0.15) is 0 Å². The standard InChI is InChI=1S/C11H25NO2Si/c1-4-12(11-9-7-8-10-11)15(13-5-2)14-6-3/h11,15H,4-10H2,1-3H3. The predicted molar refractivity (Wildman–Crippen MR) is 65.0 cm³/mol. The maximum absolute atomic E-state index is 5.79. The molecule has 1 saturated carbocycles. The topological polar surface area (TPSA) is 21.7 Å².